The van der Waals surface area contributed by atoms with E-state index in [1.165, 1.54) is 0 Å². The lowest BCUT2D eigenvalue weighted by Crippen LogP contribution is -2.23. The second-order valence-electron chi connectivity index (χ2n) is 7.77. The summed E-state index contributed by atoms with van der Waals surface area (Å²) in [6.45, 7) is 8.55. The van der Waals surface area contributed by atoms with Gasteiger partial charge in [-0.3, -0.25) is 0 Å². The molecule has 35 heavy (non-hydrogen) atoms. The van der Waals surface area contributed by atoms with Crippen LogP contribution in [0.4, 0.5) is 0 Å². The minimum absolute atomic E-state index is 0.109. The Morgan fingerprint density at radius 1 is 0.771 bits per heavy atom. The minimum Gasteiger partial charge on any atom is -0.491 e. The molecule has 7 heteroatoms. The molecule has 186 valence electrons. The normalized spacial score (nSPS) is 12.7. The zero-order chi connectivity index (χ0) is 24.9. The van der Waals surface area contributed by atoms with Gasteiger partial charge >= 0.3 is 0 Å². The monoisotopic (exact) mass is 496 g/mol. The van der Waals surface area contributed by atoms with Crippen molar-refractivity contribution in [2.45, 2.75) is 22.0 Å². The smallest absolute Gasteiger partial charge is 0.134 e. The number of aliphatic hydroxyl groups excluding tert-OH is 2. The first-order valence-corrected chi connectivity index (χ1v) is 12.2. The summed E-state index contributed by atoms with van der Waals surface area (Å²) in [6.07, 6.45) is 1.79. The van der Waals surface area contributed by atoms with Crippen molar-refractivity contribution in [3.63, 3.8) is 0 Å². The first-order chi connectivity index (χ1) is 17.1. The van der Waals surface area contributed by atoms with E-state index in [9.17, 15) is 10.2 Å². The van der Waals surface area contributed by atoms with Crippen molar-refractivity contribution in [1.82, 2.24) is 0 Å². The van der Waals surface area contributed by atoms with Crippen LogP contribution in [0.3, 0.4) is 0 Å². The summed E-state index contributed by atoms with van der Waals surface area (Å²) in [4.78, 5) is 2.01. The van der Waals surface area contributed by atoms with Gasteiger partial charge in [0.05, 0.1) is 31.3 Å². The topological polar surface area (TPSA) is 77.4 Å². The van der Waals surface area contributed by atoms with Crippen molar-refractivity contribution < 1.29 is 29.2 Å². The number of aliphatic hydroxyl groups is 2. The standard InChI is InChI=1S/C28H32O6S/c1-3-14-31-17-22(29)19-33-24-11-12-26-21(16-24)10-13-27(34-20-23(30)18-32-15-4-2)28(26)35-25-8-6-5-7-9-25/h3-13,16,22-23,29-30H,1-2,14-15,17-20H2. The molecule has 0 aliphatic heterocycles. The van der Waals surface area contributed by atoms with Gasteiger partial charge in [0.2, 0.25) is 0 Å². The fourth-order valence-electron chi connectivity index (χ4n) is 3.22. The van der Waals surface area contributed by atoms with Crippen LogP contribution in [0.25, 0.3) is 10.8 Å². The van der Waals surface area contributed by atoms with Crippen LogP contribution in [-0.4, -0.2) is 62.1 Å². The molecule has 2 N–H and O–H groups in total. The first kappa shape index (κ1) is 26.8. The molecule has 0 aromatic heterocycles. The van der Waals surface area contributed by atoms with Crippen molar-refractivity contribution in [1.29, 1.82) is 0 Å². The van der Waals surface area contributed by atoms with Gasteiger partial charge in [-0.25, -0.2) is 0 Å². The highest BCUT2D eigenvalue weighted by atomic mass is 32.2. The number of hydrogen-bond donors (Lipinski definition) is 2. The summed E-state index contributed by atoms with van der Waals surface area (Å²) in [5.41, 5.74) is 0. The Morgan fingerprint density at radius 3 is 2.09 bits per heavy atom. The van der Waals surface area contributed by atoms with Gasteiger partial charge in [-0.2, -0.15) is 0 Å². The van der Waals surface area contributed by atoms with E-state index in [-0.39, 0.29) is 26.4 Å². The molecule has 0 heterocycles. The van der Waals surface area contributed by atoms with E-state index in [4.69, 9.17) is 18.9 Å². The SMILES string of the molecule is C=CCOCC(O)COc1ccc2c(Sc3ccccc3)c(OCC(O)COCC=C)ccc2c1. The van der Waals surface area contributed by atoms with E-state index < -0.39 is 12.2 Å². The molecule has 0 fully saturated rings. The summed E-state index contributed by atoms with van der Waals surface area (Å²) in [6, 6.07) is 19.7. The lowest BCUT2D eigenvalue weighted by Gasteiger charge is -2.17. The molecule has 0 aliphatic rings. The van der Waals surface area contributed by atoms with Crippen molar-refractivity contribution >= 4 is 22.5 Å². The molecule has 0 saturated heterocycles. The molecule has 0 bridgehead atoms. The highest BCUT2D eigenvalue weighted by Crippen LogP contribution is 2.41. The second kappa shape index (κ2) is 14.6. The fourth-order valence-corrected chi connectivity index (χ4v) is 4.28. The Kier molecular flexibility index (Phi) is 11.1. The van der Waals surface area contributed by atoms with Gasteiger partial charge in [0.1, 0.15) is 36.9 Å². The maximum absolute atomic E-state index is 10.2. The van der Waals surface area contributed by atoms with Gasteiger partial charge in [-0.15, -0.1) is 13.2 Å². The van der Waals surface area contributed by atoms with Crippen molar-refractivity contribution in [3.8, 4) is 11.5 Å². The molecule has 0 amide bonds. The molecular formula is C28H32O6S. The Balaban J connectivity index is 1.77. The molecule has 0 saturated carbocycles. The van der Waals surface area contributed by atoms with Crippen LogP contribution in [0.15, 0.2) is 95.8 Å². The molecule has 0 aliphatic carbocycles. The number of fused-ring (bicyclic) bond motifs is 1. The number of benzene rings is 3. The van der Waals surface area contributed by atoms with Gasteiger partial charge in [0, 0.05) is 4.90 Å². The lowest BCUT2D eigenvalue weighted by atomic mass is 10.1. The van der Waals surface area contributed by atoms with E-state index in [1.807, 2.05) is 60.7 Å². The molecule has 0 radical (unpaired) electrons. The molecule has 2 atom stereocenters. The minimum atomic E-state index is -0.752. The maximum Gasteiger partial charge on any atom is 0.134 e. The van der Waals surface area contributed by atoms with E-state index >= 15 is 0 Å². The lowest BCUT2D eigenvalue weighted by molar-refractivity contribution is 0.0208. The summed E-state index contributed by atoms with van der Waals surface area (Å²) < 4.78 is 22.4. The largest absolute Gasteiger partial charge is 0.491 e. The molecule has 3 rings (SSSR count). The number of rotatable bonds is 16. The van der Waals surface area contributed by atoms with Gasteiger partial charge in [0.15, 0.2) is 0 Å². The van der Waals surface area contributed by atoms with Gasteiger partial charge in [-0.05, 0) is 47.2 Å². The third-order valence-electron chi connectivity index (χ3n) is 4.83. The average molecular weight is 497 g/mol. The average Bonchev–Trinajstić information content (AvgIpc) is 2.88. The third kappa shape index (κ3) is 8.72. The third-order valence-corrected chi connectivity index (χ3v) is 5.97. The summed E-state index contributed by atoms with van der Waals surface area (Å²) in [7, 11) is 0. The Bertz CT molecular complexity index is 1070. The molecule has 2 unspecified atom stereocenters. The highest BCUT2D eigenvalue weighted by Gasteiger charge is 2.14. The zero-order valence-corrected chi connectivity index (χ0v) is 20.5. The van der Waals surface area contributed by atoms with Crippen LogP contribution in [0.2, 0.25) is 0 Å². The molecule has 6 nitrogen and oxygen atoms in total. The van der Waals surface area contributed by atoms with E-state index in [0.29, 0.717) is 24.7 Å². The van der Waals surface area contributed by atoms with Crippen molar-refractivity contribution in [2.24, 2.45) is 0 Å². The quantitative estimate of drug-likeness (QED) is 0.216. The van der Waals surface area contributed by atoms with E-state index in [0.717, 1.165) is 20.6 Å². The summed E-state index contributed by atoms with van der Waals surface area (Å²) in [5, 5.41) is 22.2. The van der Waals surface area contributed by atoms with Gasteiger partial charge < -0.3 is 29.2 Å². The molecule has 0 spiro atoms. The van der Waals surface area contributed by atoms with Crippen LogP contribution in [-0.2, 0) is 9.47 Å². The van der Waals surface area contributed by atoms with Crippen molar-refractivity contribution in [3.05, 3.63) is 86.0 Å². The number of ether oxygens (including phenoxy) is 4. The fraction of sp³-hybridized carbons (Fsp3) is 0.286. The van der Waals surface area contributed by atoms with Gasteiger partial charge in [-0.1, -0.05) is 48.2 Å². The summed E-state index contributed by atoms with van der Waals surface area (Å²) >= 11 is 1.60. The summed E-state index contributed by atoms with van der Waals surface area (Å²) in [5.74, 6) is 1.33. The first-order valence-electron chi connectivity index (χ1n) is 11.4. The van der Waals surface area contributed by atoms with Gasteiger partial charge in [0.25, 0.3) is 0 Å². The zero-order valence-electron chi connectivity index (χ0n) is 19.7. The van der Waals surface area contributed by atoms with Crippen LogP contribution >= 0.6 is 11.8 Å². The van der Waals surface area contributed by atoms with E-state index in [1.54, 1.807) is 23.9 Å². The Morgan fingerprint density at radius 2 is 1.43 bits per heavy atom. The Hall–Kier alpha value is -2.81. The molecular weight excluding hydrogens is 464 g/mol. The van der Waals surface area contributed by atoms with E-state index in [2.05, 4.69) is 13.2 Å². The predicted molar refractivity (Wildman–Crippen MR) is 140 cm³/mol. The number of hydrogen-bond acceptors (Lipinski definition) is 7. The molecule has 3 aromatic carbocycles. The van der Waals surface area contributed by atoms with Crippen LogP contribution in [0.1, 0.15) is 0 Å². The Labute approximate surface area is 210 Å². The molecule has 3 aromatic rings. The van der Waals surface area contributed by atoms with Crippen LogP contribution < -0.4 is 9.47 Å². The maximum atomic E-state index is 10.2. The van der Waals surface area contributed by atoms with Crippen molar-refractivity contribution in [2.75, 3.05) is 39.6 Å². The van der Waals surface area contributed by atoms with Crippen LogP contribution in [0.5, 0.6) is 11.5 Å². The predicted octanol–water partition coefficient (Wildman–Crippen LogP) is 4.88. The second-order valence-corrected chi connectivity index (χ2v) is 8.86. The van der Waals surface area contributed by atoms with Crippen LogP contribution in [0, 0.1) is 0 Å². The highest BCUT2D eigenvalue weighted by molar-refractivity contribution is 7.99.